The lowest BCUT2D eigenvalue weighted by Crippen LogP contribution is -2.04. The molecule has 0 unspecified atom stereocenters. The molecular formula is C6H13NO. The minimum absolute atomic E-state index is 0.122. The molecule has 0 aromatic rings. The van der Waals surface area contributed by atoms with Gasteiger partial charge in [0.2, 0.25) is 0 Å². The number of rotatable bonds is 4. The molecule has 0 aliphatic carbocycles. The SMILES string of the molecule is CCCN/C=C\CO. The lowest BCUT2D eigenvalue weighted by atomic mass is 10.5. The van der Waals surface area contributed by atoms with Crippen LogP contribution in [-0.4, -0.2) is 18.3 Å². The molecular weight excluding hydrogens is 102 g/mol. The molecule has 0 rings (SSSR count). The van der Waals surface area contributed by atoms with Crippen molar-refractivity contribution in [3.8, 4) is 0 Å². The van der Waals surface area contributed by atoms with Crippen molar-refractivity contribution in [1.82, 2.24) is 5.32 Å². The van der Waals surface area contributed by atoms with Crippen molar-refractivity contribution in [2.45, 2.75) is 13.3 Å². The summed E-state index contributed by atoms with van der Waals surface area (Å²) in [6.07, 6.45) is 4.56. The van der Waals surface area contributed by atoms with Crippen molar-refractivity contribution < 1.29 is 5.11 Å². The van der Waals surface area contributed by atoms with Crippen molar-refractivity contribution in [2.24, 2.45) is 0 Å². The molecule has 0 aliphatic heterocycles. The van der Waals surface area contributed by atoms with Crippen LogP contribution >= 0.6 is 0 Å². The van der Waals surface area contributed by atoms with E-state index in [9.17, 15) is 0 Å². The second-order valence-electron chi connectivity index (χ2n) is 1.54. The predicted molar refractivity (Wildman–Crippen MR) is 34.5 cm³/mol. The van der Waals surface area contributed by atoms with Crippen molar-refractivity contribution in [2.75, 3.05) is 13.2 Å². The van der Waals surface area contributed by atoms with Gasteiger partial charge in [0.1, 0.15) is 0 Å². The van der Waals surface area contributed by atoms with Crippen LogP contribution in [0.15, 0.2) is 12.3 Å². The standard InChI is InChI=1S/C6H13NO/c1-2-4-7-5-3-6-8/h3,5,7-8H,2,4,6H2,1H3/b5-3-. The Balaban J connectivity index is 2.80. The summed E-state index contributed by atoms with van der Waals surface area (Å²) in [5, 5.41) is 11.2. The van der Waals surface area contributed by atoms with Crippen LogP contribution in [0.2, 0.25) is 0 Å². The highest BCUT2D eigenvalue weighted by Gasteiger charge is 1.70. The largest absolute Gasteiger partial charge is 0.392 e. The zero-order valence-electron chi connectivity index (χ0n) is 5.22. The first-order valence-electron chi connectivity index (χ1n) is 2.91. The predicted octanol–water partition coefficient (Wildman–Crippen LogP) is 0.492. The van der Waals surface area contributed by atoms with Crippen molar-refractivity contribution in [3.63, 3.8) is 0 Å². The Bertz CT molecular complexity index is 61.5. The number of aliphatic hydroxyl groups is 1. The molecule has 0 saturated carbocycles. The Morgan fingerprint density at radius 1 is 1.62 bits per heavy atom. The van der Waals surface area contributed by atoms with Crippen LogP contribution in [0.1, 0.15) is 13.3 Å². The number of hydrogen-bond donors (Lipinski definition) is 2. The average Bonchev–Trinajstić information content (AvgIpc) is 1.81. The third kappa shape index (κ3) is 5.50. The second kappa shape index (κ2) is 6.50. The van der Waals surface area contributed by atoms with Crippen LogP contribution in [0, 0.1) is 0 Å². The third-order valence-corrected chi connectivity index (χ3v) is 0.735. The third-order valence-electron chi connectivity index (χ3n) is 0.735. The van der Waals surface area contributed by atoms with E-state index in [4.69, 9.17) is 5.11 Å². The van der Waals surface area contributed by atoms with Gasteiger partial charge >= 0.3 is 0 Å². The summed E-state index contributed by atoms with van der Waals surface area (Å²) in [5.41, 5.74) is 0. The molecule has 0 atom stereocenters. The van der Waals surface area contributed by atoms with Crippen molar-refractivity contribution >= 4 is 0 Å². The number of hydrogen-bond acceptors (Lipinski definition) is 2. The van der Waals surface area contributed by atoms with Crippen LogP contribution in [-0.2, 0) is 0 Å². The van der Waals surface area contributed by atoms with E-state index in [-0.39, 0.29) is 6.61 Å². The van der Waals surface area contributed by atoms with E-state index in [1.165, 1.54) is 0 Å². The smallest absolute Gasteiger partial charge is 0.0629 e. The molecule has 0 aliphatic rings. The Kier molecular flexibility index (Phi) is 6.09. The van der Waals surface area contributed by atoms with Gasteiger partial charge in [-0.2, -0.15) is 0 Å². The van der Waals surface area contributed by atoms with Crippen LogP contribution in [0.25, 0.3) is 0 Å². The number of aliphatic hydroxyl groups excluding tert-OH is 1. The van der Waals surface area contributed by atoms with Crippen LogP contribution in [0.5, 0.6) is 0 Å². The Morgan fingerprint density at radius 2 is 2.38 bits per heavy atom. The highest BCUT2D eigenvalue weighted by atomic mass is 16.2. The molecule has 2 N–H and O–H groups in total. The fourth-order valence-corrected chi connectivity index (χ4v) is 0.364. The van der Waals surface area contributed by atoms with Gasteiger partial charge in [0.15, 0.2) is 0 Å². The lowest BCUT2D eigenvalue weighted by molar-refractivity contribution is 0.342. The topological polar surface area (TPSA) is 32.3 Å². The molecule has 48 valence electrons. The van der Waals surface area contributed by atoms with Gasteiger partial charge in [-0.15, -0.1) is 0 Å². The summed E-state index contributed by atoms with van der Waals surface area (Å²) in [6.45, 7) is 3.20. The fraction of sp³-hybridized carbons (Fsp3) is 0.667. The molecule has 0 aromatic carbocycles. The van der Waals surface area contributed by atoms with Gasteiger partial charge < -0.3 is 10.4 Å². The van der Waals surface area contributed by atoms with Gasteiger partial charge in [-0.05, 0) is 18.7 Å². The normalized spacial score (nSPS) is 10.2. The van der Waals surface area contributed by atoms with Gasteiger partial charge in [0.25, 0.3) is 0 Å². The first-order valence-corrected chi connectivity index (χ1v) is 2.91. The summed E-state index contributed by atoms with van der Waals surface area (Å²) in [5.74, 6) is 0. The Labute approximate surface area is 50.2 Å². The van der Waals surface area contributed by atoms with E-state index in [1.807, 2.05) is 0 Å². The maximum absolute atomic E-state index is 8.24. The molecule has 0 spiro atoms. The zero-order chi connectivity index (χ0) is 6.24. The summed E-state index contributed by atoms with van der Waals surface area (Å²) < 4.78 is 0. The summed E-state index contributed by atoms with van der Waals surface area (Å²) in [4.78, 5) is 0. The Morgan fingerprint density at radius 3 is 2.88 bits per heavy atom. The van der Waals surface area contributed by atoms with Crippen molar-refractivity contribution in [3.05, 3.63) is 12.3 Å². The van der Waals surface area contributed by atoms with Gasteiger partial charge in [-0.3, -0.25) is 0 Å². The van der Waals surface area contributed by atoms with Crippen molar-refractivity contribution in [1.29, 1.82) is 0 Å². The van der Waals surface area contributed by atoms with Gasteiger partial charge in [0, 0.05) is 6.54 Å². The Hall–Kier alpha value is -0.500. The lowest BCUT2D eigenvalue weighted by Gasteiger charge is -1.92. The monoisotopic (exact) mass is 115 g/mol. The molecule has 0 aromatic heterocycles. The maximum Gasteiger partial charge on any atom is 0.0629 e. The molecule has 0 heterocycles. The van der Waals surface area contributed by atoms with Crippen LogP contribution in [0.3, 0.4) is 0 Å². The minimum Gasteiger partial charge on any atom is -0.392 e. The molecule has 2 nitrogen and oxygen atoms in total. The first-order chi connectivity index (χ1) is 3.91. The molecule has 0 amide bonds. The van der Waals surface area contributed by atoms with E-state index in [1.54, 1.807) is 12.3 Å². The summed E-state index contributed by atoms with van der Waals surface area (Å²) in [6, 6.07) is 0. The first kappa shape index (κ1) is 7.50. The molecule has 0 bridgehead atoms. The van der Waals surface area contributed by atoms with E-state index >= 15 is 0 Å². The maximum atomic E-state index is 8.24. The van der Waals surface area contributed by atoms with Gasteiger partial charge in [0.05, 0.1) is 6.61 Å². The van der Waals surface area contributed by atoms with E-state index in [2.05, 4.69) is 12.2 Å². The summed E-state index contributed by atoms with van der Waals surface area (Å²) in [7, 11) is 0. The van der Waals surface area contributed by atoms with E-state index < -0.39 is 0 Å². The van der Waals surface area contributed by atoms with Crippen LogP contribution < -0.4 is 5.32 Å². The highest BCUT2D eigenvalue weighted by molar-refractivity contribution is 4.77. The van der Waals surface area contributed by atoms with Gasteiger partial charge in [-0.1, -0.05) is 6.92 Å². The minimum atomic E-state index is 0.122. The molecule has 0 radical (unpaired) electrons. The van der Waals surface area contributed by atoms with E-state index in [0.29, 0.717) is 0 Å². The second-order valence-corrected chi connectivity index (χ2v) is 1.54. The average molecular weight is 115 g/mol. The highest BCUT2D eigenvalue weighted by Crippen LogP contribution is 1.69. The molecule has 2 heteroatoms. The fourth-order valence-electron chi connectivity index (χ4n) is 0.364. The van der Waals surface area contributed by atoms with Crippen LogP contribution in [0.4, 0.5) is 0 Å². The van der Waals surface area contributed by atoms with E-state index in [0.717, 1.165) is 13.0 Å². The molecule has 0 fully saturated rings. The van der Waals surface area contributed by atoms with Gasteiger partial charge in [-0.25, -0.2) is 0 Å². The quantitative estimate of drug-likeness (QED) is 0.523. The molecule has 8 heavy (non-hydrogen) atoms. The number of nitrogens with one attached hydrogen (secondary N) is 1. The summed E-state index contributed by atoms with van der Waals surface area (Å²) >= 11 is 0. The molecule has 0 saturated heterocycles. The zero-order valence-corrected chi connectivity index (χ0v) is 5.22.